The van der Waals surface area contributed by atoms with Crippen molar-refractivity contribution in [2.45, 2.75) is 6.04 Å². The van der Waals surface area contributed by atoms with E-state index in [4.69, 9.17) is 9.73 Å². The predicted octanol–water partition coefficient (Wildman–Crippen LogP) is 4.84. The van der Waals surface area contributed by atoms with Crippen LogP contribution in [0.3, 0.4) is 0 Å². The van der Waals surface area contributed by atoms with Crippen LogP contribution in [0.15, 0.2) is 77.8 Å². The highest BCUT2D eigenvalue weighted by atomic mass is 16.5. The van der Waals surface area contributed by atoms with Crippen molar-refractivity contribution in [3.8, 4) is 11.1 Å². The average molecular weight is 354 g/mol. The van der Waals surface area contributed by atoms with E-state index in [1.54, 1.807) is 0 Å². The maximum atomic E-state index is 5.58. The smallest absolute Gasteiger partial charge is 0.0633 e. The molecule has 0 radical (unpaired) electrons. The van der Waals surface area contributed by atoms with Crippen molar-refractivity contribution in [2.75, 3.05) is 26.3 Å². The summed E-state index contributed by atoms with van der Waals surface area (Å²) in [6.07, 6.45) is 1.94. The van der Waals surface area contributed by atoms with Gasteiger partial charge in [0.15, 0.2) is 0 Å². The summed E-state index contributed by atoms with van der Waals surface area (Å²) < 4.78 is 5.58. The lowest BCUT2D eigenvalue weighted by Gasteiger charge is -2.33. The first-order valence-electron chi connectivity index (χ1n) is 9.54. The number of hydrogen-bond acceptors (Lipinski definition) is 3. The molecule has 1 fully saturated rings. The van der Waals surface area contributed by atoms with Crippen molar-refractivity contribution in [3.63, 3.8) is 0 Å². The topological polar surface area (TPSA) is 24.8 Å². The van der Waals surface area contributed by atoms with Crippen molar-refractivity contribution in [1.82, 2.24) is 4.90 Å². The summed E-state index contributed by atoms with van der Waals surface area (Å²) in [6.45, 7) is 3.55. The van der Waals surface area contributed by atoms with Gasteiger partial charge in [-0.1, -0.05) is 60.7 Å². The van der Waals surface area contributed by atoms with E-state index >= 15 is 0 Å². The van der Waals surface area contributed by atoms with Crippen molar-refractivity contribution in [3.05, 3.63) is 89.5 Å². The molecular weight excluding hydrogens is 332 g/mol. The Labute approximate surface area is 159 Å². The van der Waals surface area contributed by atoms with Crippen LogP contribution in [0.4, 0.5) is 5.69 Å². The predicted molar refractivity (Wildman–Crippen MR) is 110 cm³/mol. The molecule has 3 nitrogen and oxygen atoms in total. The second-order valence-electron chi connectivity index (χ2n) is 7.08. The Morgan fingerprint density at radius 1 is 0.815 bits per heavy atom. The van der Waals surface area contributed by atoms with E-state index in [-0.39, 0.29) is 0 Å². The number of aliphatic imine (C=N–C) groups is 1. The van der Waals surface area contributed by atoms with Gasteiger partial charge in [-0.2, -0.15) is 0 Å². The molecule has 2 aliphatic rings. The van der Waals surface area contributed by atoms with Crippen molar-refractivity contribution >= 4 is 11.9 Å². The molecule has 0 amide bonds. The van der Waals surface area contributed by atoms with Crippen LogP contribution in [-0.4, -0.2) is 37.4 Å². The minimum Gasteiger partial charge on any atom is -0.379 e. The minimum absolute atomic E-state index is 0.298. The molecule has 1 unspecified atom stereocenters. The first-order valence-corrected chi connectivity index (χ1v) is 9.54. The summed E-state index contributed by atoms with van der Waals surface area (Å²) >= 11 is 0. The molecular formula is C24H22N2O. The van der Waals surface area contributed by atoms with E-state index in [2.05, 4.69) is 59.5 Å². The largest absolute Gasteiger partial charge is 0.379 e. The molecule has 1 saturated heterocycles. The van der Waals surface area contributed by atoms with Crippen LogP contribution < -0.4 is 0 Å². The van der Waals surface area contributed by atoms with Crippen LogP contribution in [0.2, 0.25) is 0 Å². The van der Waals surface area contributed by atoms with E-state index in [1.807, 2.05) is 24.4 Å². The minimum atomic E-state index is 0.298. The van der Waals surface area contributed by atoms with Gasteiger partial charge in [0.1, 0.15) is 0 Å². The van der Waals surface area contributed by atoms with Gasteiger partial charge in [0.05, 0.1) is 24.9 Å². The van der Waals surface area contributed by atoms with Gasteiger partial charge in [-0.25, -0.2) is 0 Å². The lowest BCUT2D eigenvalue weighted by atomic mass is 10.0. The lowest BCUT2D eigenvalue weighted by Crippen LogP contribution is -2.38. The highest BCUT2D eigenvalue weighted by molar-refractivity contribution is 5.84. The van der Waals surface area contributed by atoms with Gasteiger partial charge in [0, 0.05) is 19.3 Å². The number of nitrogens with zero attached hydrogens (tertiary/aromatic N) is 2. The summed E-state index contributed by atoms with van der Waals surface area (Å²) in [5.74, 6) is 0. The molecule has 5 rings (SSSR count). The monoisotopic (exact) mass is 354 g/mol. The van der Waals surface area contributed by atoms with Crippen LogP contribution in [-0.2, 0) is 4.74 Å². The number of hydrogen-bond donors (Lipinski definition) is 0. The summed E-state index contributed by atoms with van der Waals surface area (Å²) in [6, 6.07) is 25.9. The SMILES string of the molecule is C(=Nc1ccc2c(c1)C(N1CCOCC1)c1ccccc1-2)c1ccccc1. The first-order chi connectivity index (χ1) is 13.4. The molecule has 27 heavy (non-hydrogen) atoms. The van der Waals surface area contributed by atoms with E-state index < -0.39 is 0 Å². The zero-order valence-electron chi connectivity index (χ0n) is 15.2. The highest BCUT2D eigenvalue weighted by Gasteiger charge is 2.33. The molecule has 3 aromatic rings. The van der Waals surface area contributed by atoms with Gasteiger partial charge in [-0.3, -0.25) is 9.89 Å². The van der Waals surface area contributed by atoms with Gasteiger partial charge in [0.25, 0.3) is 0 Å². The lowest BCUT2D eigenvalue weighted by molar-refractivity contribution is 0.0247. The van der Waals surface area contributed by atoms with E-state index in [9.17, 15) is 0 Å². The number of rotatable bonds is 3. The van der Waals surface area contributed by atoms with E-state index in [0.717, 1.165) is 37.6 Å². The van der Waals surface area contributed by atoms with Gasteiger partial charge in [-0.15, -0.1) is 0 Å². The Morgan fingerprint density at radius 2 is 1.56 bits per heavy atom. The van der Waals surface area contributed by atoms with Gasteiger partial charge in [-0.05, 0) is 39.9 Å². The fraction of sp³-hybridized carbons (Fsp3) is 0.208. The first kappa shape index (κ1) is 16.4. The molecule has 1 heterocycles. The van der Waals surface area contributed by atoms with E-state index in [1.165, 1.54) is 22.3 Å². The Bertz CT molecular complexity index is 975. The second kappa shape index (κ2) is 7.10. The fourth-order valence-electron chi connectivity index (χ4n) is 4.17. The zero-order chi connectivity index (χ0) is 18.1. The van der Waals surface area contributed by atoms with Crippen LogP contribution in [0, 0.1) is 0 Å². The quantitative estimate of drug-likeness (QED) is 0.629. The molecule has 0 aromatic heterocycles. The molecule has 134 valence electrons. The number of ether oxygens (including phenoxy) is 1. The van der Waals surface area contributed by atoms with Crippen LogP contribution >= 0.6 is 0 Å². The van der Waals surface area contributed by atoms with E-state index in [0.29, 0.717) is 6.04 Å². The Morgan fingerprint density at radius 3 is 2.41 bits per heavy atom. The molecule has 3 heteroatoms. The average Bonchev–Trinajstić information content (AvgIpc) is 3.07. The number of morpholine rings is 1. The third kappa shape index (κ3) is 3.09. The molecule has 0 spiro atoms. The number of benzene rings is 3. The third-order valence-electron chi connectivity index (χ3n) is 5.45. The van der Waals surface area contributed by atoms with Gasteiger partial charge >= 0.3 is 0 Å². The Kier molecular flexibility index (Phi) is 4.32. The molecule has 0 N–H and O–H groups in total. The second-order valence-corrected chi connectivity index (χ2v) is 7.08. The zero-order valence-corrected chi connectivity index (χ0v) is 15.2. The van der Waals surface area contributed by atoms with Crippen LogP contribution in [0.25, 0.3) is 11.1 Å². The molecule has 0 bridgehead atoms. The fourth-order valence-corrected chi connectivity index (χ4v) is 4.17. The summed E-state index contributed by atoms with van der Waals surface area (Å²) in [4.78, 5) is 7.27. The highest BCUT2D eigenvalue weighted by Crippen LogP contribution is 2.47. The number of fused-ring (bicyclic) bond motifs is 3. The van der Waals surface area contributed by atoms with Crippen molar-refractivity contribution < 1.29 is 4.74 Å². The van der Waals surface area contributed by atoms with Crippen molar-refractivity contribution in [2.24, 2.45) is 4.99 Å². The molecule has 1 aliphatic heterocycles. The van der Waals surface area contributed by atoms with Crippen molar-refractivity contribution in [1.29, 1.82) is 0 Å². The summed E-state index contributed by atoms with van der Waals surface area (Å²) in [7, 11) is 0. The van der Waals surface area contributed by atoms with Gasteiger partial charge < -0.3 is 4.74 Å². The maximum Gasteiger partial charge on any atom is 0.0633 e. The Balaban J connectivity index is 1.54. The molecule has 3 aromatic carbocycles. The maximum absolute atomic E-state index is 5.58. The summed E-state index contributed by atoms with van der Waals surface area (Å²) in [5.41, 5.74) is 7.57. The van der Waals surface area contributed by atoms with Crippen LogP contribution in [0.1, 0.15) is 22.7 Å². The molecule has 1 aliphatic carbocycles. The van der Waals surface area contributed by atoms with Crippen LogP contribution in [0.5, 0.6) is 0 Å². The standard InChI is InChI=1S/C24H22N2O/c1-2-6-18(7-3-1)17-25-19-10-11-21-20-8-4-5-9-22(20)24(23(21)16-19)26-12-14-27-15-13-26/h1-11,16-17,24H,12-15H2. The third-order valence-corrected chi connectivity index (χ3v) is 5.45. The molecule has 1 atom stereocenters. The Hall–Kier alpha value is -2.75. The summed E-state index contributed by atoms with van der Waals surface area (Å²) in [5, 5.41) is 0. The molecule has 0 saturated carbocycles. The normalized spacial score (nSPS) is 19.2. The van der Waals surface area contributed by atoms with Gasteiger partial charge in [0.2, 0.25) is 0 Å².